The van der Waals surface area contributed by atoms with E-state index in [0.29, 0.717) is 19.0 Å². The number of rotatable bonds is 3. The van der Waals surface area contributed by atoms with Crippen molar-refractivity contribution in [3.63, 3.8) is 0 Å². The number of aryl methyl sites for hydroxylation is 1. The Labute approximate surface area is 110 Å². The first-order chi connectivity index (χ1) is 8.50. The molecule has 100 valence electrons. The Balaban J connectivity index is 2.05. The van der Waals surface area contributed by atoms with Gasteiger partial charge in [0.05, 0.1) is 6.26 Å². The van der Waals surface area contributed by atoms with E-state index in [-0.39, 0.29) is 0 Å². The molecule has 0 N–H and O–H groups in total. The fourth-order valence-corrected chi connectivity index (χ4v) is 3.46. The summed E-state index contributed by atoms with van der Waals surface area (Å²) in [5, 5.41) is 0. The van der Waals surface area contributed by atoms with Gasteiger partial charge in [0.1, 0.15) is 0 Å². The second kappa shape index (κ2) is 5.41. The molecule has 0 unspecified atom stereocenters. The van der Waals surface area contributed by atoms with Gasteiger partial charge in [0.25, 0.3) is 0 Å². The maximum absolute atomic E-state index is 11.5. The molecule has 0 bridgehead atoms. The van der Waals surface area contributed by atoms with Gasteiger partial charge in [-0.3, -0.25) is 0 Å². The second-order valence-corrected chi connectivity index (χ2v) is 7.02. The van der Waals surface area contributed by atoms with Crippen LogP contribution in [0.15, 0.2) is 24.3 Å². The van der Waals surface area contributed by atoms with Crippen LogP contribution in [0.5, 0.6) is 0 Å². The Hall–Kier alpha value is -0.870. The number of nitrogens with zero attached hydrogens (tertiary/aromatic N) is 1. The van der Waals surface area contributed by atoms with Crippen molar-refractivity contribution in [2.75, 3.05) is 19.3 Å². The van der Waals surface area contributed by atoms with Crippen LogP contribution in [0.2, 0.25) is 0 Å². The zero-order chi connectivity index (χ0) is 13.2. The molecule has 0 amide bonds. The normalized spacial score (nSPS) is 19.0. The fourth-order valence-electron chi connectivity index (χ4n) is 2.59. The first-order valence-electron chi connectivity index (χ1n) is 6.54. The minimum atomic E-state index is -3.01. The summed E-state index contributed by atoms with van der Waals surface area (Å²) < 4.78 is 24.5. The molecule has 1 aliphatic heterocycles. The molecule has 0 aliphatic carbocycles. The monoisotopic (exact) mass is 267 g/mol. The molecule has 0 radical (unpaired) electrons. The van der Waals surface area contributed by atoms with Crippen molar-refractivity contribution in [1.82, 2.24) is 4.31 Å². The van der Waals surface area contributed by atoms with Crippen LogP contribution in [0.3, 0.4) is 0 Å². The molecule has 0 spiro atoms. The fraction of sp³-hybridized carbons (Fsp3) is 0.571. The number of hydrogen-bond acceptors (Lipinski definition) is 2. The molecule has 1 aromatic rings. The van der Waals surface area contributed by atoms with Gasteiger partial charge >= 0.3 is 0 Å². The minimum absolute atomic E-state index is 0.509. The first-order valence-corrected chi connectivity index (χ1v) is 8.39. The summed E-state index contributed by atoms with van der Waals surface area (Å²) in [6, 6.07) is 8.69. The van der Waals surface area contributed by atoms with Crippen LogP contribution in [0.4, 0.5) is 0 Å². The van der Waals surface area contributed by atoms with E-state index in [2.05, 4.69) is 31.2 Å². The maximum Gasteiger partial charge on any atom is 0.211 e. The summed E-state index contributed by atoms with van der Waals surface area (Å²) in [5.41, 5.74) is 2.72. The van der Waals surface area contributed by atoms with E-state index in [9.17, 15) is 8.42 Å². The quantitative estimate of drug-likeness (QED) is 0.843. The van der Waals surface area contributed by atoms with Crippen LogP contribution in [0, 0.1) is 0 Å². The Bertz CT molecular complexity index is 502. The highest BCUT2D eigenvalue weighted by atomic mass is 32.2. The SMILES string of the molecule is CCc1cccc(C2CCN(S(C)(=O)=O)CC2)c1. The van der Waals surface area contributed by atoms with E-state index in [0.717, 1.165) is 19.3 Å². The van der Waals surface area contributed by atoms with Gasteiger partial charge in [0.15, 0.2) is 0 Å². The Morgan fingerprint density at radius 1 is 1.28 bits per heavy atom. The molecule has 18 heavy (non-hydrogen) atoms. The molecule has 1 heterocycles. The number of piperidine rings is 1. The average Bonchev–Trinajstić information content (AvgIpc) is 2.38. The van der Waals surface area contributed by atoms with E-state index in [1.165, 1.54) is 17.4 Å². The molecule has 0 atom stereocenters. The van der Waals surface area contributed by atoms with Crippen molar-refractivity contribution >= 4 is 10.0 Å². The van der Waals surface area contributed by atoms with E-state index < -0.39 is 10.0 Å². The Morgan fingerprint density at radius 3 is 2.50 bits per heavy atom. The Morgan fingerprint density at radius 2 is 1.94 bits per heavy atom. The third-order valence-electron chi connectivity index (χ3n) is 3.75. The van der Waals surface area contributed by atoms with E-state index in [1.54, 1.807) is 4.31 Å². The zero-order valence-electron chi connectivity index (χ0n) is 11.1. The van der Waals surface area contributed by atoms with E-state index in [1.807, 2.05) is 0 Å². The van der Waals surface area contributed by atoms with Gasteiger partial charge in [0.2, 0.25) is 10.0 Å². The van der Waals surface area contributed by atoms with Gasteiger partial charge in [-0.2, -0.15) is 0 Å². The molecule has 1 fully saturated rings. The van der Waals surface area contributed by atoms with Gasteiger partial charge in [-0.15, -0.1) is 0 Å². The van der Waals surface area contributed by atoms with E-state index in [4.69, 9.17) is 0 Å². The third kappa shape index (κ3) is 3.12. The topological polar surface area (TPSA) is 37.4 Å². The average molecular weight is 267 g/mol. The summed E-state index contributed by atoms with van der Waals surface area (Å²) in [6.07, 6.45) is 4.21. The van der Waals surface area contributed by atoms with Gasteiger partial charge < -0.3 is 0 Å². The smallest absolute Gasteiger partial charge is 0.211 e. The van der Waals surface area contributed by atoms with Crippen LogP contribution in [0.1, 0.15) is 36.8 Å². The Kier molecular flexibility index (Phi) is 4.07. The van der Waals surface area contributed by atoms with Crippen molar-refractivity contribution in [2.45, 2.75) is 32.1 Å². The maximum atomic E-state index is 11.5. The second-order valence-electron chi connectivity index (χ2n) is 5.03. The lowest BCUT2D eigenvalue weighted by molar-refractivity contribution is 0.321. The van der Waals surface area contributed by atoms with Crippen molar-refractivity contribution in [2.24, 2.45) is 0 Å². The van der Waals surface area contributed by atoms with Crippen molar-refractivity contribution in [3.05, 3.63) is 35.4 Å². The number of benzene rings is 1. The molecule has 0 saturated carbocycles. The molecule has 2 rings (SSSR count). The summed E-state index contributed by atoms with van der Waals surface area (Å²) in [6.45, 7) is 3.46. The molecular weight excluding hydrogens is 246 g/mol. The zero-order valence-corrected chi connectivity index (χ0v) is 11.9. The standard InChI is InChI=1S/C14H21NO2S/c1-3-12-5-4-6-14(11-12)13-7-9-15(10-8-13)18(2,16)17/h4-6,11,13H,3,7-10H2,1-2H3. The minimum Gasteiger partial charge on any atom is -0.213 e. The van der Waals surface area contributed by atoms with E-state index >= 15 is 0 Å². The van der Waals surface area contributed by atoms with Crippen LogP contribution in [-0.4, -0.2) is 32.1 Å². The van der Waals surface area contributed by atoms with Crippen LogP contribution in [0.25, 0.3) is 0 Å². The molecule has 4 heteroatoms. The predicted octanol–water partition coefficient (Wildman–Crippen LogP) is 2.39. The predicted molar refractivity (Wildman–Crippen MR) is 74.2 cm³/mol. The molecule has 0 aromatic heterocycles. The van der Waals surface area contributed by atoms with Gasteiger partial charge in [-0.1, -0.05) is 31.2 Å². The lowest BCUT2D eigenvalue weighted by Crippen LogP contribution is -2.37. The van der Waals surface area contributed by atoms with Crippen molar-refractivity contribution in [3.8, 4) is 0 Å². The van der Waals surface area contributed by atoms with Crippen molar-refractivity contribution in [1.29, 1.82) is 0 Å². The van der Waals surface area contributed by atoms with Crippen LogP contribution in [-0.2, 0) is 16.4 Å². The van der Waals surface area contributed by atoms with Gasteiger partial charge in [0, 0.05) is 13.1 Å². The van der Waals surface area contributed by atoms with Gasteiger partial charge in [-0.25, -0.2) is 12.7 Å². The summed E-state index contributed by atoms with van der Waals surface area (Å²) in [7, 11) is -3.01. The van der Waals surface area contributed by atoms with Gasteiger partial charge in [-0.05, 0) is 36.3 Å². The molecular formula is C14H21NO2S. The molecule has 3 nitrogen and oxygen atoms in total. The summed E-state index contributed by atoms with van der Waals surface area (Å²) in [5.74, 6) is 0.509. The lowest BCUT2D eigenvalue weighted by atomic mass is 9.89. The highest BCUT2D eigenvalue weighted by Crippen LogP contribution is 2.29. The lowest BCUT2D eigenvalue weighted by Gasteiger charge is -2.30. The molecule has 1 saturated heterocycles. The highest BCUT2D eigenvalue weighted by molar-refractivity contribution is 7.88. The summed E-state index contributed by atoms with van der Waals surface area (Å²) >= 11 is 0. The number of hydrogen-bond donors (Lipinski definition) is 0. The summed E-state index contributed by atoms with van der Waals surface area (Å²) in [4.78, 5) is 0. The van der Waals surface area contributed by atoms with Crippen LogP contribution >= 0.6 is 0 Å². The van der Waals surface area contributed by atoms with Crippen molar-refractivity contribution < 1.29 is 8.42 Å². The molecule has 1 aliphatic rings. The highest BCUT2D eigenvalue weighted by Gasteiger charge is 2.25. The largest absolute Gasteiger partial charge is 0.213 e. The number of sulfonamides is 1. The van der Waals surface area contributed by atoms with Crippen LogP contribution < -0.4 is 0 Å². The third-order valence-corrected chi connectivity index (χ3v) is 5.06. The first kappa shape index (κ1) is 13.6. The molecule has 1 aromatic carbocycles.